The van der Waals surface area contributed by atoms with Crippen molar-refractivity contribution in [2.45, 2.75) is 12.7 Å². The number of rotatable bonds is 7. The molecule has 0 aliphatic carbocycles. The van der Waals surface area contributed by atoms with E-state index in [1.165, 1.54) is 23.6 Å². The van der Waals surface area contributed by atoms with Gasteiger partial charge in [0.1, 0.15) is 0 Å². The Hall–Kier alpha value is -2.02. The summed E-state index contributed by atoms with van der Waals surface area (Å²) in [6, 6.07) is 7.20. The van der Waals surface area contributed by atoms with Crippen LogP contribution in [0.3, 0.4) is 0 Å². The number of anilines is 1. The molecule has 0 radical (unpaired) electrons. The lowest BCUT2D eigenvalue weighted by atomic mass is 10.2. The first-order valence-corrected chi connectivity index (χ1v) is 7.44. The molecule has 114 valence electrons. The van der Waals surface area contributed by atoms with Crippen LogP contribution >= 0.6 is 11.8 Å². The van der Waals surface area contributed by atoms with Crippen molar-refractivity contribution in [3.63, 3.8) is 0 Å². The number of hydrogen-bond acceptors (Lipinski definition) is 4. The van der Waals surface area contributed by atoms with Gasteiger partial charge in [-0.05, 0) is 17.7 Å². The molecule has 0 unspecified atom stereocenters. The molecule has 1 aromatic rings. The average Bonchev–Trinajstić information content (AvgIpc) is 2.38. The predicted octanol–water partition coefficient (Wildman–Crippen LogP) is 1.42. The summed E-state index contributed by atoms with van der Waals surface area (Å²) < 4.78 is 0. The zero-order chi connectivity index (χ0) is 15.8. The van der Waals surface area contributed by atoms with Crippen LogP contribution in [0.4, 0.5) is 5.69 Å². The average molecular weight is 310 g/mol. The molecule has 6 nitrogen and oxygen atoms in total. The number of carbonyl (C=O) groups excluding carboxylic acids is 2. The number of amides is 2. The van der Waals surface area contributed by atoms with Crippen molar-refractivity contribution in [3.8, 4) is 0 Å². The third-order valence-electron chi connectivity index (χ3n) is 2.62. The first kappa shape index (κ1) is 17.0. The van der Waals surface area contributed by atoms with Crippen LogP contribution in [-0.4, -0.2) is 47.1 Å². The van der Waals surface area contributed by atoms with Crippen LogP contribution in [0.15, 0.2) is 24.3 Å². The molecule has 0 heterocycles. The maximum absolute atomic E-state index is 11.8. The molecule has 2 N–H and O–H groups in total. The van der Waals surface area contributed by atoms with Crippen molar-refractivity contribution < 1.29 is 19.5 Å². The number of thioether (sulfide) groups is 1. The molecule has 0 saturated carbocycles. The zero-order valence-electron chi connectivity index (χ0n) is 12.0. The molecule has 1 rings (SSSR count). The molecular formula is C14H18N2O4S. The van der Waals surface area contributed by atoms with Crippen molar-refractivity contribution >= 4 is 35.2 Å². The van der Waals surface area contributed by atoms with Gasteiger partial charge in [0, 0.05) is 25.4 Å². The second-order valence-corrected chi connectivity index (χ2v) is 5.50. The molecule has 0 bridgehead atoms. The van der Waals surface area contributed by atoms with Gasteiger partial charge in [-0.15, -0.1) is 11.8 Å². The van der Waals surface area contributed by atoms with Crippen LogP contribution in [0.2, 0.25) is 0 Å². The van der Waals surface area contributed by atoms with Crippen LogP contribution in [0.25, 0.3) is 0 Å². The minimum absolute atomic E-state index is 0.00662. The first-order valence-electron chi connectivity index (χ1n) is 6.28. The van der Waals surface area contributed by atoms with E-state index in [1.54, 1.807) is 25.2 Å². The molecule has 7 heteroatoms. The Morgan fingerprint density at radius 2 is 2.05 bits per heavy atom. The van der Waals surface area contributed by atoms with Gasteiger partial charge in [-0.25, -0.2) is 0 Å². The molecule has 0 aromatic heterocycles. The number of aliphatic carboxylic acids is 1. The molecule has 0 aliphatic rings. The Bertz CT molecular complexity index is 533. The van der Waals surface area contributed by atoms with Gasteiger partial charge in [0.15, 0.2) is 0 Å². The first-order chi connectivity index (χ1) is 9.88. The zero-order valence-corrected chi connectivity index (χ0v) is 12.8. The summed E-state index contributed by atoms with van der Waals surface area (Å²) in [4.78, 5) is 34.6. The minimum atomic E-state index is -0.850. The van der Waals surface area contributed by atoms with E-state index < -0.39 is 5.97 Å². The second-order valence-electron chi connectivity index (χ2n) is 4.51. The molecule has 0 aliphatic heterocycles. The third kappa shape index (κ3) is 6.80. The number of carbonyl (C=O) groups is 3. The van der Waals surface area contributed by atoms with E-state index in [4.69, 9.17) is 5.11 Å². The Kier molecular flexibility index (Phi) is 6.74. The van der Waals surface area contributed by atoms with E-state index in [-0.39, 0.29) is 24.1 Å². The normalized spacial score (nSPS) is 10.0. The second kappa shape index (κ2) is 8.31. The van der Waals surface area contributed by atoms with E-state index >= 15 is 0 Å². The number of likely N-dealkylation sites (N-methyl/N-ethyl adjacent to an activating group) is 1. The highest BCUT2D eigenvalue weighted by Gasteiger charge is 2.09. The van der Waals surface area contributed by atoms with Crippen molar-refractivity contribution in [1.29, 1.82) is 0 Å². The Morgan fingerprint density at radius 3 is 2.67 bits per heavy atom. The summed E-state index contributed by atoms with van der Waals surface area (Å²) in [6.45, 7) is 1.39. The molecule has 0 saturated heterocycles. The third-order valence-corrected chi connectivity index (χ3v) is 3.61. The van der Waals surface area contributed by atoms with Gasteiger partial charge >= 0.3 is 5.97 Å². The number of nitrogens with one attached hydrogen (secondary N) is 1. The number of carboxylic acids is 1. The van der Waals surface area contributed by atoms with E-state index in [0.29, 0.717) is 11.4 Å². The maximum atomic E-state index is 11.8. The fourth-order valence-corrected chi connectivity index (χ4v) is 2.21. The summed E-state index contributed by atoms with van der Waals surface area (Å²) in [5.74, 6) is -0.702. The van der Waals surface area contributed by atoms with Crippen molar-refractivity contribution in [2.75, 3.05) is 24.7 Å². The van der Waals surface area contributed by atoms with Crippen LogP contribution in [0.1, 0.15) is 12.5 Å². The monoisotopic (exact) mass is 310 g/mol. The van der Waals surface area contributed by atoms with E-state index in [2.05, 4.69) is 5.32 Å². The molecule has 2 amide bonds. The summed E-state index contributed by atoms with van der Waals surface area (Å²) >= 11 is 1.29. The van der Waals surface area contributed by atoms with Crippen LogP contribution < -0.4 is 5.32 Å². The lowest BCUT2D eigenvalue weighted by molar-refractivity contribution is -0.134. The minimum Gasteiger partial charge on any atom is -0.481 e. The standard InChI is InChI=1S/C14H18N2O4S/c1-10(17)16(2)7-13(18)15-12-5-3-4-11(6-12)8-21-9-14(19)20/h3-6H,7-9H2,1-2H3,(H,15,18)(H,19,20). The van der Waals surface area contributed by atoms with Crippen LogP contribution in [0.5, 0.6) is 0 Å². The van der Waals surface area contributed by atoms with Crippen molar-refractivity contribution in [1.82, 2.24) is 4.90 Å². The van der Waals surface area contributed by atoms with E-state index in [1.807, 2.05) is 6.07 Å². The number of hydrogen-bond donors (Lipinski definition) is 2. The smallest absolute Gasteiger partial charge is 0.313 e. The highest BCUT2D eigenvalue weighted by molar-refractivity contribution is 7.99. The SMILES string of the molecule is CC(=O)N(C)CC(=O)Nc1cccc(CSCC(=O)O)c1. The molecule has 0 atom stereocenters. The van der Waals surface area contributed by atoms with Gasteiger partial charge in [0.2, 0.25) is 11.8 Å². The van der Waals surface area contributed by atoms with Gasteiger partial charge in [-0.2, -0.15) is 0 Å². The Morgan fingerprint density at radius 1 is 1.33 bits per heavy atom. The van der Waals surface area contributed by atoms with Crippen LogP contribution in [0, 0.1) is 0 Å². The quantitative estimate of drug-likeness (QED) is 0.795. The van der Waals surface area contributed by atoms with Crippen molar-refractivity contribution in [2.24, 2.45) is 0 Å². The van der Waals surface area contributed by atoms with Gasteiger partial charge in [0.25, 0.3) is 0 Å². The highest BCUT2D eigenvalue weighted by Crippen LogP contribution is 2.16. The molecule has 0 spiro atoms. The summed E-state index contributed by atoms with van der Waals surface area (Å²) in [6.07, 6.45) is 0. The topological polar surface area (TPSA) is 86.7 Å². The number of nitrogens with zero attached hydrogens (tertiary/aromatic N) is 1. The molecular weight excluding hydrogens is 292 g/mol. The highest BCUT2D eigenvalue weighted by atomic mass is 32.2. The fraction of sp³-hybridized carbons (Fsp3) is 0.357. The summed E-state index contributed by atoms with van der Waals surface area (Å²) in [5, 5.41) is 11.3. The Balaban J connectivity index is 2.53. The number of benzene rings is 1. The molecule has 1 aromatic carbocycles. The predicted molar refractivity (Wildman–Crippen MR) is 82.2 cm³/mol. The largest absolute Gasteiger partial charge is 0.481 e. The fourth-order valence-electron chi connectivity index (χ4n) is 1.52. The number of carboxylic acid groups (broad SMARTS) is 1. The summed E-state index contributed by atoms with van der Waals surface area (Å²) in [5.41, 5.74) is 1.56. The van der Waals surface area contributed by atoms with Gasteiger partial charge < -0.3 is 15.3 Å². The van der Waals surface area contributed by atoms with Crippen LogP contribution in [-0.2, 0) is 20.1 Å². The maximum Gasteiger partial charge on any atom is 0.313 e. The molecule has 21 heavy (non-hydrogen) atoms. The van der Waals surface area contributed by atoms with Gasteiger partial charge in [-0.1, -0.05) is 12.1 Å². The lowest BCUT2D eigenvalue weighted by Crippen LogP contribution is -2.33. The van der Waals surface area contributed by atoms with Crippen molar-refractivity contribution in [3.05, 3.63) is 29.8 Å². The van der Waals surface area contributed by atoms with Gasteiger partial charge in [0.05, 0.1) is 12.3 Å². The molecule has 0 fully saturated rings. The van der Waals surface area contributed by atoms with Gasteiger partial charge in [-0.3, -0.25) is 14.4 Å². The Labute approximate surface area is 127 Å². The van der Waals surface area contributed by atoms with E-state index in [9.17, 15) is 14.4 Å². The lowest BCUT2D eigenvalue weighted by Gasteiger charge is -2.14. The summed E-state index contributed by atoms with van der Waals surface area (Å²) in [7, 11) is 1.56. The van der Waals surface area contributed by atoms with E-state index in [0.717, 1.165) is 5.56 Å².